The average Bonchev–Trinajstić information content (AvgIpc) is 3.89. The smallest absolute Gasteiger partial charge is 0.282 e. The van der Waals surface area contributed by atoms with E-state index in [2.05, 4.69) is 77.8 Å². The van der Waals surface area contributed by atoms with Crippen molar-refractivity contribution < 1.29 is 19.2 Å². The summed E-state index contributed by atoms with van der Waals surface area (Å²) in [6.07, 6.45) is 5.82. The lowest BCUT2D eigenvalue weighted by molar-refractivity contribution is -0.118. The number of hydrazine groups is 2. The molecule has 0 radical (unpaired) electrons. The van der Waals surface area contributed by atoms with E-state index in [0.717, 1.165) is 63.2 Å². The lowest BCUT2D eigenvalue weighted by Crippen LogP contribution is -2.44. The number of carbonyl (C=O) groups excluding carboxylic acids is 4. The van der Waals surface area contributed by atoms with E-state index in [1.54, 1.807) is 12.2 Å². The van der Waals surface area contributed by atoms with Crippen molar-refractivity contribution >= 4 is 104 Å². The molecule has 4 saturated heterocycles. The van der Waals surface area contributed by atoms with Gasteiger partial charge in [0.2, 0.25) is 0 Å². The number of hydrogen-bond acceptors (Lipinski definition) is 7. The lowest BCUT2D eigenvalue weighted by atomic mass is 10.1. The summed E-state index contributed by atoms with van der Waals surface area (Å²) in [5.41, 5.74) is 10.9. The highest BCUT2D eigenvalue weighted by Gasteiger charge is 2.35. The predicted molar refractivity (Wildman–Crippen MR) is 230 cm³/mol. The molecule has 11 nitrogen and oxygen atoms in total. The van der Waals surface area contributed by atoms with Gasteiger partial charge in [-0.3, -0.25) is 30.0 Å². The minimum atomic E-state index is -0.378. The first-order chi connectivity index (χ1) is 26.1. The molecule has 54 heavy (non-hydrogen) atoms. The van der Waals surface area contributed by atoms with Crippen LogP contribution < -0.4 is 30.7 Å². The van der Waals surface area contributed by atoms with Gasteiger partial charge in [0.25, 0.3) is 23.6 Å². The van der Waals surface area contributed by atoms with Crippen molar-refractivity contribution in [2.75, 3.05) is 66.1 Å². The third-order valence-corrected chi connectivity index (χ3v) is 11.1. The second-order valence-electron chi connectivity index (χ2n) is 13.4. The standard InChI is InChI=1S/C21H21IN4O2.C20H18IN3O2/c1-24-10-12-25(13-11-24)19-5-3-2-4-15(19)14-18-20(27)23-26(21(18)28)17-8-6-16(22)7-9-17;21-15-5-9-17(10-6-15)24-20(26)18(19(25)22-24)13-14-3-7-16(8-4-14)23-11-1-2-12-23/h2-9,14H,10-13H2,1H3,(H,23,27);3-10,13H,1-2,11-12H2,(H,22,25). The molecular formula is C41H39I2N7O4. The lowest BCUT2D eigenvalue weighted by Gasteiger charge is -2.34. The van der Waals surface area contributed by atoms with Gasteiger partial charge >= 0.3 is 0 Å². The van der Waals surface area contributed by atoms with Crippen molar-refractivity contribution in [3.63, 3.8) is 0 Å². The molecule has 0 unspecified atom stereocenters. The zero-order valence-electron chi connectivity index (χ0n) is 29.7. The van der Waals surface area contributed by atoms with Crippen molar-refractivity contribution in [1.82, 2.24) is 15.8 Å². The number of carbonyl (C=O) groups is 4. The molecule has 0 spiro atoms. The number of piperazine rings is 1. The highest BCUT2D eigenvalue weighted by Crippen LogP contribution is 2.28. The SMILES string of the molecule is CN1CCN(c2ccccc2C=C2C(=O)NN(c3ccc(I)cc3)C2=O)CC1.O=C1NN(c2ccc(I)cc2)C(=O)C1=Cc1ccc(N2CCCC2)cc1. The number of nitrogens with one attached hydrogen (secondary N) is 2. The Labute approximate surface area is 341 Å². The maximum atomic E-state index is 12.9. The van der Waals surface area contributed by atoms with Crippen LogP contribution in [0.2, 0.25) is 0 Å². The molecule has 0 saturated carbocycles. The van der Waals surface area contributed by atoms with Gasteiger partial charge in [-0.25, -0.2) is 10.0 Å². The van der Waals surface area contributed by atoms with Crippen molar-refractivity contribution in [3.8, 4) is 0 Å². The van der Waals surface area contributed by atoms with Crippen LogP contribution in [0.1, 0.15) is 24.0 Å². The molecule has 4 heterocycles. The van der Waals surface area contributed by atoms with Crippen LogP contribution in [0.25, 0.3) is 12.2 Å². The first-order valence-electron chi connectivity index (χ1n) is 17.8. The summed E-state index contributed by atoms with van der Waals surface area (Å²) in [6.45, 7) is 6.01. The van der Waals surface area contributed by atoms with E-state index in [9.17, 15) is 19.2 Å². The van der Waals surface area contributed by atoms with Gasteiger partial charge < -0.3 is 14.7 Å². The molecule has 4 aromatic rings. The molecule has 4 amide bonds. The number of para-hydroxylation sites is 1. The minimum absolute atomic E-state index is 0.150. The van der Waals surface area contributed by atoms with Gasteiger partial charge in [-0.2, -0.15) is 0 Å². The predicted octanol–water partition coefficient (Wildman–Crippen LogP) is 5.86. The quantitative estimate of drug-likeness (QED) is 0.142. The molecular weight excluding hydrogens is 908 g/mol. The largest absolute Gasteiger partial charge is 0.372 e. The number of halogens is 2. The summed E-state index contributed by atoms with van der Waals surface area (Å²) < 4.78 is 2.13. The first kappa shape index (κ1) is 37.6. The number of nitrogens with zero attached hydrogens (tertiary/aromatic N) is 5. The van der Waals surface area contributed by atoms with Gasteiger partial charge in [0.1, 0.15) is 11.1 Å². The van der Waals surface area contributed by atoms with Crippen LogP contribution in [0.15, 0.2) is 108 Å². The Bertz CT molecular complexity index is 2110. The third-order valence-electron chi connectivity index (χ3n) is 9.71. The highest BCUT2D eigenvalue weighted by molar-refractivity contribution is 14.1. The fourth-order valence-electron chi connectivity index (χ4n) is 6.68. The van der Waals surface area contributed by atoms with Crippen LogP contribution >= 0.6 is 45.2 Å². The van der Waals surface area contributed by atoms with E-state index in [1.165, 1.54) is 28.5 Å². The number of benzene rings is 4. The van der Waals surface area contributed by atoms with Crippen LogP contribution in [0.5, 0.6) is 0 Å². The van der Waals surface area contributed by atoms with E-state index < -0.39 is 0 Å². The van der Waals surface area contributed by atoms with Gasteiger partial charge in [0.15, 0.2) is 0 Å². The van der Waals surface area contributed by atoms with Crippen molar-refractivity contribution in [2.45, 2.75) is 12.8 Å². The fraction of sp³-hybridized carbons (Fsp3) is 0.220. The van der Waals surface area contributed by atoms with Gasteiger partial charge in [0.05, 0.1) is 11.4 Å². The number of rotatable bonds is 6. The Balaban J connectivity index is 0.000000167. The fourth-order valence-corrected chi connectivity index (χ4v) is 7.40. The average molecular weight is 948 g/mol. The van der Waals surface area contributed by atoms with E-state index in [4.69, 9.17) is 0 Å². The maximum Gasteiger partial charge on any atom is 0.282 e. The zero-order valence-corrected chi connectivity index (χ0v) is 34.0. The van der Waals surface area contributed by atoms with E-state index in [-0.39, 0.29) is 34.8 Å². The first-order valence-corrected chi connectivity index (χ1v) is 19.9. The molecule has 4 fully saturated rings. The van der Waals surface area contributed by atoms with E-state index in [0.29, 0.717) is 11.4 Å². The Morgan fingerprint density at radius 1 is 0.537 bits per heavy atom. The van der Waals surface area contributed by atoms with Gasteiger partial charge in [-0.05, 0) is 155 Å². The molecule has 0 aliphatic carbocycles. The van der Waals surface area contributed by atoms with Crippen LogP contribution in [-0.2, 0) is 19.2 Å². The van der Waals surface area contributed by atoms with Crippen molar-refractivity contribution in [2.24, 2.45) is 0 Å². The summed E-state index contributed by atoms with van der Waals surface area (Å²) in [5, 5.41) is 2.60. The van der Waals surface area contributed by atoms with Crippen LogP contribution in [0.4, 0.5) is 22.7 Å². The van der Waals surface area contributed by atoms with Crippen LogP contribution in [0, 0.1) is 7.14 Å². The summed E-state index contributed by atoms with van der Waals surface area (Å²) in [6, 6.07) is 30.8. The summed E-state index contributed by atoms with van der Waals surface area (Å²) >= 11 is 4.40. The molecule has 4 aromatic carbocycles. The normalized spacial score (nSPS) is 19.1. The van der Waals surface area contributed by atoms with Crippen molar-refractivity contribution in [1.29, 1.82) is 0 Å². The summed E-state index contributed by atoms with van der Waals surface area (Å²) in [7, 11) is 2.12. The monoisotopic (exact) mass is 947 g/mol. The van der Waals surface area contributed by atoms with E-state index in [1.807, 2.05) is 97.1 Å². The van der Waals surface area contributed by atoms with Crippen molar-refractivity contribution in [3.05, 3.63) is 126 Å². The van der Waals surface area contributed by atoms with Crippen LogP contribution in [-0.4, -0.2) is 74.8 Å². The topological polar surface area (TPSA) is 109 Å². The second kappa shape index (κ2) is 16.7. The Kier molecular flexibility index (Phi) is 11.6. The van der Waals surface area contributed by atoms with Gasteiger partial charge in [-0.1, -0.05) is 30.3 Å². The molecule has 13 heteroatoms. The molecule has 276 valence electrons. The van der Waals surface area contributed by atoms with Gasteiger partial charge in [-0.15, -0.1) is 0 Å². The zero-order chi connectivity index (χ0) is 37.8. The second-order valence-corrected chi connectivity index (χ2v) is 15.9. The highest BCUT2D eigenvalue weighted by atomic mass is 127. The molecule has 4 aliphatic rings. The Morgan fingerprint density at radius 3 is 1.56 bits per heavy atom. The third kappa shape index (κ3) is 8.47. The minimum Gasteiger partial charge on any atom is -0.372 e. The molecule has 0 atom stereocenters. The molecule has 2 N–H and O–H groups in total. The molecule has 0 aromatic heterocycles. The Hall–Kier alpha value is -4.74. The number of hydrogen-bond donors (Lipinski definition) is 2. The Morgan fingerprint density at radius 2 is 1.02 bits per heavy atom. The summed E-state index contributed by atoms with van der Waals surface area (Å²) in [4.78, 5) is 57.3. The number of anilines is 4. The maximum absolute atomic E-state index is 12.9. The molecule has 4 aliphatic heterocycles. The molecule has 0 bridgehead atoms. The number of amides is 4. The van der Waals surface area contributed by atoms with E-state index >= 15 is 0 Å². The number of likely N-dealkylation sites (N-methyl/N-ethyl adjacent to an activating group) is 1. The van der Waals surface area contributed by atoms with Gasteiger partial charge in [0, 0.05) is 57.8 Å². The van der Waals surface area contributed by atoms with Crippen LogP contribution in [0.3, 0.4) is 0 Å². The molecule has 8 rings (SSSR count). The summed E-state index contributed by atoms with van der Waals surface area (Å²) in [5.74, 6) is -1.42.